The summed E-state index contributed by atoms with van der Waals surface area (Å²) in [6, 6.07) is 12.5. The van der Waals surface area contributed by atoms with Crippen molar-refractivity contribution in [1.82, 2.24) is 10.3 Å². The maximum Gasteiger partial charge on any atom is 0.253 e. The van der Waals surface area contributed by atoms with Crippen LogP contribution in [-0.4, -0.2) is 36.7 Å². The molecule has 0 saturated carbocycles. The van der Waals surface area contributed by atoms with E-state index in [0.717, 1.165) is 11.4 Å². The molecule has 2 rings (SSSR count). The van der Waals surface area contributed by atoms with Crippen molar-refractivity contribution in [3.05, 3.63) is 59.8 Å². The Hall–Kier alpha value is -2.40. The first-order chi connectivity index (χ1) is 10.1. The summed E-state index contributed by atoms with van der Waals surface area (Å²) < 4.78 is 0. The largest absolute Gasteiger partial charge is 0.394 e. The summed E-state index contributed by atoms with van der Waals surface area (Å²) in [5.41, 5.74) is 1.33. The molecule has 0 bridgehead atoms. The molecule has 110 valence electrons. The van der Waals surface area contributed by atoms with Crippen LogP contribution in [-0.2, 0) is 0 Å². The Bertz CT molecular complexity index is 582. The molecule has 0 aliphatic heterocycles. The van der Waals surface area contributed by atoms with E-state index in [4.69, 9.17) is 0 Å². The minimum absolute atomic E-state index is 0.154. The van der Waals surface area contributed by atoms with Gasteiger partial charge in [0.15, 0.2) is 0 Å². The predicted octanol–water partition coefficient (Wildman–Crippen LogP) is 1.61. The summed E-state index contributed by atoms with van der Waals surface area (Å²) in [5, 5.41) is 12.3. The standard InChI is InChI=1S/C16H19N3O2/c1-19(2)15-9-8-13(10-17-15)16(21)18-14(11-20)12-6-4-3-5-7-12/h3-10,14,20H,11H2,1-2H3,(H,18,21)/t14-/m0/s1. The van der Waals surface area contributed by atoms with Gasteiger partial charge in [-0.05, 0) is 17.7 Å². The molecule has 1 aromatic heterocycles. The molecule has 0 fully saturated rings. The van der Waals surface area contributed by atoms with Gasteiger partial charge >= 0.3 is 0 Å². The minimum Gasteiger partial charge on any atom is -0.394 e. The molecule has 5 nitrogen and oxygen atoms in total. The van der Waals surface area contributed by atoms with Gasteiger partial charge in [0, 0.05) is 20.3 Å². The van der Waals surface area contributed by atoms with Crippen LogP contribution in [0.1, 0.15) is 22.0 Å². The van der Waals surface area contributed by atoms with Crippen LogP contribution in [0.15, 0.2) is 48.7 Å². The summed E-state index contributed by atoms with van der Waals surface area (Å²) in [7, 11) is 3.78. The van der Waals surface area contributed by atoms with E-state index in [9.17, 15) is 9.90 Å². The number of pyridine rings is 1. The third-order valence-corrected chi connectivity index (χ3v) is 3.16. The number of carbonyl (C=O) groups excluding carboxylic acids is 1. The van der Waals surface area contributed by atoms with Gasteiger partial charge in [0.1, 0.15) is 5.82 Å². The Kier molecular flexibility index (Phi) is 4.90. The number of hydrogen-bond acceptors (Lipinski definition) is 4. The van der Waals surface area contributed by atoms with Gasteiger partial charge in [0.05, 0.1) is 18.2 Å². The van der Waals surface area contributed by atoms with Gasteiger partial charge in [0.2, 0.25) is 0 Å². The lowest BCUT2D eigenvalue weighted by Crippen LogP contribution is -2.30. The van der Waals surface area contributed by atoms with Crippen molar-refractivity contribution in [3.8, 4) is 0 Å². The zero-order valence-corrected chi connectivity index (χ0v) is 12.2. The molecule has 5 heteroatoms. The van der Waals surface area contributed by atoms with Crippen molar-refractivity contribution in [1.29, 1.82) is 0 Å². The van der Waals surface area contributed by atoms with E-state index >= 15 is 0 Å². The number of aliphatic hydroxyl groups excluding tert-OH is 1. The number of carbonyl (C=O) groups is 1. The van der Waals surface area contributed by atoms with Crippen molar-refractivity contribution in [2.75, 3.05) is 25.6 Å². The van der Waals surface area contributed by atoms with Gasteiger partial charge in [-0.3, -0.25) is 4.79 Å². The molecule has 1 aromatic carbocycles. The monoisotopic (exact) mass is 285 g/mol. The van der Waals surface area contributed by atoms with Crippen molar-refractivity contribution in [2.45, 2.75) is 6.04 Å². The van der Waals surface area contributed by atoms with E-state index in [1.165, 1.54) is 6.20 Å². The zero-order chi connectivity index (χ0) is 15.2. The number of aromatic nitrogens is 1. The molecule has 0 aliphatic carbocycles. The average Bonchev–Trinajstić information content (AvgIpc) is 2.53. The van der Waals surface area contributed by atoms with E-state index in [-0.39, 0.29) is 12.5 Å². The molecular weight excluding hydrogens is 266 g/mol. The molecule has 2 N–H and O–H groups in total. The van der Waals surface area contributed by atoms with Gasteiger partial charge in [-0.2, -0.15) is 0 Å². The van der Waals surface area contributed by atoms with Crippen LogP contribution in [0.25, 0.3) is 0 Å². The number of benzene rings is 1. The van der Waals surface area contributed by atoms with Crippen molar-refractivity contribution in [3.63, 3.8) is 0 Å². The zero-order valence-electron chi connectivity index (χ0n) is 12.2. The molecule has 0 saturated heterocycles. The first kappa shape index (κ1) is 15.0. The number of anilines is 1. The van der Waals surface area contributed by atoms with Crippen LogP contribution in [0.5, 0.6) is 0 Å². The van der Waals surface area contributed by atoms with Crippen LogP contribution in [0, 0.1) is 0 Å². The Morgan fingerprint density at radius 1 is 1.24 bits per heavy atom. The number of nitrogens with one attached hydrogen (secondary N) is 1. The highest BCUT2D eigenvalue weighted by atomic mass is 16.3. The van der Waals surface area contributed by atoms with Crippen LogP contribution < -0.4 is 10.2 Å². The lowest BCUT2D eigenvalue weighted by Gasteiger charge is -2.17. The number of amides is 1. The van der Waals surface area contributed by atoms with Crippen molar-refractivity contribution < 1.29 is 9.90 Å². The van der Waals surface area contributed by atoms with Gasteiger partial charge in [0.25, 0.3) is 5.91 Å². The molecule has 1 atom stereocenters. The second-order valence-corrected chi connectivity index (χ2v) is 4.92. The maximum absolute atomic E-state index is 12.2. The number of hydrogen-bond donors (Lipinski definition) is 2. The summed E-state index contributed by atoms with van der Waals surface area (Å²) >= 11 is 0. The highest BCUT2D eigenvalue weighted by Crippen LogP contribution is 2.13. The second-order valence-electron chi connectivity index (χ2n) is 4.92. The number of rotatable bonds is 5. The normalized spacial score (nSPS) is 11.8. The Morgan fingerprint density at radius 3 is 2.48 bits per heavy atom. The van der Waals surface area contributed by atoms with Crippen molar-refractivity contribution >= 4 is 11.7 Å². The van der Waals surface area contributed by atoms with Gasteiger partial charge in [-0.1, -0.05) is 30.3 Å². The molecule has 1 heterocycles. The lowest BCUT2D eigenvalue weighted by molar-refractivity contribution is 0.0916. The second kappa shape index (κ2) is 6.85. The highest BCUT2D eigenvalue weighted by molar-refractivity contribution is 5.94. The Labute approximate surface area is 124 Å². The van der Waals surface area contributed by atoms with Gasteiger partial charge < -0.3 is 15.3 Å². The van der Waals surface area contributed by atoms with E-state index in [0.29, 0.717) is 5.56 Å². The summed E-state index contributed by atoms with van der Waals surface area (Å²) in [5.74, 6) is 0.532. The van der Waals surface area contributed by atoms with E-state index in [2.05, 4.69) is 10.3 Å². The van der Waals surface area contributed by atoms with Crippen LogP contribution in [0.2, 0.25) is 0 Å². The quantitative estimate of drug-likeness (QED) is 0.876. The number of aliphatic hydroxyl groups is 1. The topological polar surface area (TPSA) is 65.5 Å². The first-order valence-corrected chi connectivity index (χ1v) is 6.72. The maximum atomic E-state index is 12.2. The molecule has 0 unspecified atom stereocenters. The molecule has 0 radical (unpaired) electrons. The van der Waals surface area contributed by atoms with Crippen LogP contribution in [0.3, 0.4) is 0 Å². The molecular formula is C16H19N3O2. The Morgan fingerprint density at radius 2 is 1.95 bits per heavy atom. The van der Waals surface area contributed by atoms with Crippen LogP contribution in [0.4, 0.5) is 5.82 Å². The highest BCUT2D eigenvalue weighted by Gasteiger charge is 2.15. The molecule has 21 heavy (non-hydrogen) atoms. The fraction of sp³-hybridized carbons (Fsp3) is 0.250. The van der Waals surface area contributed by atoms with Gasteiger partial charge in [-0.25, -0.2) is 4.98 Å². The summed E-state index contributed by atoms with van der Waals surface area (Å²) in [6.07, 6.45) is 1.53. The molecule has 1 amide bonds. The first-order valence-electron chi connectivity index (χ1n) is 6.72. The third-order valence-electron chi connectivity index (χ3n) is 3.16. The van der Waals surface area contributed by atoms with E-state index < -0.39 is 6.04 Å². The lowest BCUT2D eigenvalue weighted by atomic mass is 10.1. The molecule has 0 spiro atoms. The SMILES string of the molecule is CN(C)c1ccc(C(=O)N[C@@H](CO)c2ccccc2)cn1. The van der Waals surface area contributed by atoms with Gasteiger partial charge in [-0.15, -0.1) is 0 Å². The van der Waals surface area contributed by atoms with E-state index in [1.54, 1.807) is 12.1 Å². The Balaban J connectivity index is 2.09. The van der Waals surface area contributed by atoms with Crippen LogP contribution >= 0.6 is 0 Å². The average molecular weight is 285 g/mol. The molecule has 2 aromatic rings. The summed E-state index contributed by atoms with van der Waals surface area (Å²) in [6.45, 7) is -0.154. The third kappa shape index (κ3) is 3.79. The predicted molar refractivity (Wildman–Crippen MR) is 82.3 cm³/mol. The summed E-state index contributed by atoms with van der Waals surface area (Å²) in [4.78, 5) is 18.3. The molecule has 0 aliphatic rings. The fourth-order valence-electron chi connectivity index (χ4n) is 1.95. The smallest absolute Gasteiger partial charge is 0.253 e. The number of nitrogens with zero attached hydrogens (tertiary/aromatic N) is 2. The van der Waals surface area contributed by atoms with E-state index in [1.807, 2.05) is 49.3 Å². The fourth-order valence-corrected chi connectivity index (χ4v) is 1.95. The minimum atomic E-state index is -0.424. The van der Waals surface area contributed by atoms with Crippen molar-refractivity contribution in [2.24, 2.45) is 0 Å².